The Bertz CT molecular complexity index is 813. The predicted molar refractivity (Wildman–Crippen MR) is 108 cm³/mol. The highest BCUT2D eigenvalue weighted by molar-refractivity contribution is 5.63. The van der Waals surface area contributed by atoms with Crippen molar-refractivity contribution in [1.29, 1.82) is 0 Å². The molecule has 0 unspecified atom stereocenters. The molecule has 0 amide bonds. The van der Waals surface area contributed by atoms with E-state index in [1.807, 2.05) is 0 Å². The molecule has 164 valence electrons. The van der Waals surface area contributed by atoms with Crippen molar-refractivity contribution in [3.05, 3.63) is 36.0 Å². The van der Waals surface area contributed by atoms with Crippen molar-refractivity contribution in [2.45, 2.75) is 45.0 Å². The predicted octanol–water partition coefficient (Wildman–Crippen LogP) is 4.95. The first-order valence-electron chi connectivity index (χ1n) is 9.92. The van der Waals surface area contributed by atoms with Gasteiger partial charge in [0.05, 0.1) is 13.3 Å². The summed E-state index contributed by atoms with van der Waals surface area (Å²) in [7, 11) is 1.49. The first-order valence-corrected chi connectivity index (χ1v) is 9.92. The lowest BCUT2D eigenvalue weighted by Gasteiger charge is -2.22. The monoisotopic (exact) mass is 425 g/mol. The van der Waals surface area contributed by atoms with Crippen LogP contribution in [0.1, 0.15) is 37.7 Å². The van der Waals surface area contributed by atoms with Crippen molar-refractivity contribution >= 4 is 17.5 Å². The molecule has 0 spiro atoms. The van der Waals surface area contributed by atoms with E-state index in [1.54, 1.807) is 18.3 Å². The third kappa shape index (κ3) is 6.65. The van der Waals surface area contributed by atoms with E-state index in [0.717, 1.165) is 6.54 Å². The van der Waals surface area contributed by atoms with Gasteiger partial charge in [-0.15, -0.1) is 13.2 Å². The number of nitrogens with zero attached hydrogens (tertiary/aromatic N) is 2. The number of alkyl halides is 3. The number of para-hydroxylation sites is 1. The Hall–Kier alpha value is -2.75. The van der Waals surface area contributed by atoms with Crippen molar-refractivity contribution < 1.29 is 22.7 Å². The first kappa shape index (κ1) is 21.9. The number of anilines is 3. The van der Waals surface area contributed by atoms with Crippen LogP contribution in [0.3, 0.4) is 0 Å². The van der Waals surface area contributed by atoms with E-state index in [0.29, 0.717) is 23.0 Å². The number of hydrogen-bond donors (Lipinski definition) is 3. The molecule has 3 N–H and O–H groups in total. The minimum absolute atomic E-state index is 0.0748. The molecule has 0 radical (unpaired) electrons. The number of halogens is 3. The minimum atomic E-state index is -4.75. The smallest absolute Gasteiger partial charge is 0.405 e. The summed E-state index contributed by atoms with van der Waals surface area (Å²) in [5.74, 6) is 1.18. The van der Waals surface area contributed by atoms with Gasteiger partial charge in [-0.25, -0.2) is 4.98 Å². The number of ether oxygens (including phenoxy) is 1. The van der Waals surface area contributed by atoms with Crippen LogP contribution in [0.15, 0.2) is 30.5 Å². The van der Waals surface area contributed by atoms with E-state index in [9.17, 15) is 13.2 Å². The zero-order valence-corrected chi connectivity index (χ0v) is 16.8. The van der Waals surface area contributed by atoms with Gasteiger partial charge in [-0.3, -0.25) is 10.3 Å². The molecule has 1 aromatic carbocycles. The Balaban J connectivity index is 1.67. The molecule has 2 aromatic rings. The van der Waals surface area contributed by atoms with E-state index in [4.69, 9.17) is 4.84 Å². The van der Waals surface area contributed by atoms with Gasteiger partial charge in [-0.2, -0.15) is 4.98 Å². The van der Waals surface area contributed by atoms with Crippen molar-refractivity contribution in [1.82, 2.24) is 9.97 Å². The lowest BCUT2D eigenvalue weighted by Crippen LogP contribution is -2.19. The summed E-state index contributed by atoms with van der Waals surface area (Å²) in [6.45, 7) is 0.864. The molecular weight excluding hydrogens is 399 g/mol. The summed E-state index contributed by atoms with van der Waals surface area (Å²) < 4.78 is 41.9. The zero-order chi connectivity index (χ0) is 21.4. The van der Waals surface area contributed by atoms with E-state index in [1.165, 1.54) is 51.3 Å². The van der Waals surface area contributed by atoms with Gasteiger partial charge in [0.15, 0.2) is 5.82 Å². The van der Waals surface area contributed by atoms with Gasteiger partial charge in [0, 0.05) is 18.7 Å². The maximum atomic E-state index is 12.6. The van der Waals surface area contributed by atoms with Crippen LogP contribution in [0, 0.1) is 5.92 Å². The third-order valence-electron chi connectivity index (χ3n) is 4.92. The molecule has 0 aliphatic heterocycles. The molecule has 1 aliphatic carbocycles. The number of benzene rings is 1. The van der Waals surface area contributed by atoms with Crippen LogP contribution in [-0.4, -0.2) is 30.0 Å². The van der Waals surface area contributed by atoms with Crippen LogP contribution in [-0.2, 0) is 11.4 Å². The molecule has 1 aliphatic rings. The molecule has 0 saturated heterocycles. The summed E-state index contributed by atoms with van der Waals surface area (Å²) in [5, 5.41) is 6.30. The van der Waals surface area contributed by atoms with Crippen LogP contribution in [0.25, 0.3) is 0 Å². The van der Waals surface area contributed by atoms with Crippen LogP contribution >= 0.6 is 0 Å². The molecule has 7 nitrogen and oxygen atoms in total. The summed E-state index contributed by atoms with van der Waals surface area (Å²) in [5.41, 5.74) is 3.66. The number of nitrogens with one attached hydrogen (secondary N) is 3. The molecule has 1 saturated carbocycles. The van der Waals surface area contributed by atoms with Crippen LogP contribution < -0.4 is 20.9 Å². The number of hydrogen-bond acceptors (Lipinski definition) is 7. The van der Waals surface area contributed by atoms with Crippen LogP contribution in [0.4, 0.5) is 30.6 Å². The number of rotatable bonds is 9. The second-order valence-corrected chi connectivity index (χ2v) is 7.16. The summed E-state index contributed by atoms with van der Waals surface area (Å²) in [6, 6.07) is 5.95. The maximum absolute atomic E-state index is 12.6. The molecule has 0 atom stereocenters. The quantitative estimate of drug-likeness (QED) is 0.491. The largest absolute Gasteiger partial charge is 0.573 e. The van der Waals surface area contributed by atoms with E-state index in [2.05, 4.69) is 30.8 Å². The second-order valence-electron chi connectivity index (χ2n) is 7.16. The summed E-state index contributed by atoms with van der Waals surface area (Å²) >= 11 is 0. The van der Waals surface area contributed by atoms with Crippen LogP contribution in [0.5, 0.6) is 5.75 Å². The fraction of sp³-hybridized carbons (Fsp3) is 0.500. The highest BCUT2D eigenvalue weighted by Crippen LogP contribution is 2.28. The standard InChI is InChI=1S/C20H26F3N5O2/c1-29-28-16-13-26-19(27-18(16)24-11-14-7-3-2-4-8-14)25-12-15-9-5-6-10-17(15)30-20(21,22)23/h5-6,9-10,13-14,28H,2-4,7-8,11-12H2,1H3,(H2,24,25,26,27). The maximum Gasteiger partial charge on any atom is 0.573 e. The highest BCUT2D eigenvalue weighted by atomic mass is 19.4. The van der Waals surface area contributed by atoms with Crippen molar-refractivity contribution in [2.75, 3.05) is 29.8 Å². The average Bonchev–Trinajstić information content (AvgIpc) is 2.72. The normalized spacial score (nSPS) is 14.9. The van der Waals surface area contributed by atoms with Gasteiger partial charge in [0.1, 0.15) is 11.4 Å². The number of aromatic nitrogens is 2. The Morgan fingerprint density at radius 2 is 1.87 bits per heavy atom. The van der Waals surface area contributed by atoms with Crippen molar-refractivity contribution in [2.24, 2.45) is 5.92 Å². The Morgan fingerprint density at radius 1 is 1.10 bits per heavy atom. The molecular formula is C20H26F3N5O2. The summed E-state index contributed by atoms with van der Waals surface area (Å²) in [6.07, 6.45) is 2.94. The van der Waals surface area contributed by atoms with Gasteiger partial charge in [-0.05, 0) is 24.8 Å². The molecule has 10 heteroatoms. The first-order chi connectivity index (χ1) is 14.4. The Morgan fingerprint density at radius 3 is 2.60 bits per heavy atom. The van der Waals surface area contributed by atoms with Gasteiger partial charge in [0.2, 0.25) is 5.95 Å². The average molecular weight is 425 g/mol. The lowest BCUT2D eigenvalue weighted by molar-refractivity contribution is -0.274. The highest BCUT2D eigenvalue weighted by Gasteiger charge is 2.32. The second kappa shape index (κ2) is 10.3. The van der Waals surface area contributed by atoms with E-state index < -0.39 is 6.36 Å². The third-order valence-corrected chi connectivity index (χ3v) is 4.92. The SMILES string of the molecule is CONc1cnc(NCc2ccccc2OC(F)(F)F)nc1NCC1CCCCC1. The van der Waals surface area contributed by atoms with Crippen molar-refractivity contribution in [3.63, 3.8) is 0 Å². The van der Waals surface area contributed by atoms with Gasteiger partial charge in [-0.1, -0.05) is 37.5 Å². The van der Waals surface area contributed by atoms with Gasteiger partial charge < -0.3 is 15.4 Å². The fourth-order valence-electron chi connectivity index (χ4n) is 3.47. The topological polar surface area (TPSA) is 80.3 Å². The zero-order valence-electron chi connectivity index (χ0n) is 16.8. The van der Waals surface area contributed by atoms with E-state index >= 15 is 0 Å². The Labute approximate surface area is 173 Å². The fourth-order valence-corrected chi connectivity index (χ4v) is 3.47. The molecule has 1 fully saturated rings. The van der Waals surface area contributed by atoms with Crippen LogP contribution in [0.2, 0.25) is 0 Å². The van der Waals surface area contributed by atoms with Gasteiger partial charge in [0.25, 0.3) is 0 Å². The lowest BCUT2D eigenvalue weighted by atomic mass is 9.89. The molecule has 1 heterocycles. The minimum Gasteiger partial charge on any atom is -0.405 e. The van der Waals surface area contributed by atoms with E-state index in [-0.39, 0.29) is 18.2 Å². The molecule has 0 bridgehead atoms. The summed E-state index contributed by atoms with van der Waals surface area (Å²) in [4.78, 5) is 13.6. The molecule has 3 rings (SSSR count). The molecule has 1 aromatic heterocycles. The Kier molecular flexibility index (Phi) is 7.56. The molecule has 30 heavy (non-hydrogen) atoms. The van der Waals surface area contributed by atoms with Gasteiger partial charge >= 0.3 is 6.36 Å². The van der Waals surface area contributed by atoms with Crippen molar-refractivity contribution in [3.8, 4) is 5.75 Å².